The van der Waals surface area contributed by atoms with Gasteiger partial charge in [0.15, 0.2) is 0 Å². The Balaban J connectivity index is 0.00000108. The lowest BCUT2D eigenvalue weighted by Gasteiger charge is -2.21. The number of likely N-dealkylation sites (tertiary alicyclic amines) is 1. The van der Waals surface area contributed by atoms with E-state index in [9.17, 15) is 5.11 Å². The fourth-order valence-electron chi connectivity index (χ4n) is 2.94. The molecular formula is C13H19ClN2O. The van der Waals surface area contributed by atoms with Crippen LogP contribution in [0.2, 0.25) is 0 Å². The molecule has 17 heavy (non-hydrogen) atoms. The molecule has 94 valence electrons. The summed E-state index contributed by atoms with van der Waals surface area (Å²) in [5.41, 5.74) is 0.855. The van der Waals surface area contributed by atoms with Crippen molar-refractivity contribution in [3.63, 3.8) is 0 Å². The summed E-state index contributed by atoms with van der Waals surface area (Å²) in [6.07, 6.45) is 0. The number of benzene rings is 1. The summed E-state index contributed by atoms with van der Waals surface area (Å²) in [5, 5.41) is 13.6. The van der Waals surface area contributed by atoms with Crippen LogP contribution in [0.1, 0.15) is 5.56 Å². The summed E-state index contributed by atoms with van der Waals surface area (Å²) < 4.78 is 0. The molecule has 0 bridgehead atoms. The first kappa shape index (κ1) is 12.8. The van der Waals surface area contributed by atoms with E-state index in [4.69, 9.17) is 0 Å². The first-order valence-electron chi connectivity index (χ1n) is 5.96. The summed E-state index contributed by atoms with van der Waals surface area (Å²) in [6.45, 7) is 4.49. The first-order valence-corrected chi connectivity index (χ1v) is 5.96. The van der Waals surface area contributed by atoms with Crippen molar-refractivity contribution < 1.29 is 5.11 Å². The minimum Gasteiger partial charge on any atom is -0.387 e. The van der Waals surface area contributed by atoms with Crippen LogP contribution in [0, 0.1) is 5.92 Å². The van der Waals surface area contributed by atoms with Gasteiger partial charge in [-0.2, -0.15) is 0 Å². The van der Waals surface area contributed by atoms with Crippen LogP contribution in [0.5, 0.6) is 0 Å². The van der Waals surface area contributed by atoms with Crippen molar-refractivity contribution in [1.82, 2.24) is 10.2 Å². The van der Waals surface area contributed by atoms with E-state index in [0.29, 0.717) is 5.92 Å². The molecule has 0 saturated carbocycles. The Hall–Kier alpha value is -0.610. The van der Waals surface area contributed by atoms with Crippen molar-refractivity contribution in [1.29, 1.82) is 0 Å². The Labute approximate surface area is 108 Å². The summed E-state index contributed by atoms with van der Waals surface area (Å²) in [5.74, 6) is 0.413. The molecule has 2 saturated heterocycles. The van der Waals surface area contributed by atoms with Gasteiger partial charge in [-0.05, 0) is 5.56 Å². The van der Waals surface area contributed by atoms with Gasteiger partial charge in [0.25, 0.3) is 0 Å². The summed E-state index contributed by atoms with van der Waals surface area (Å²) >= 11 is 0. The zero-order valence-electron chi connectivity index (χ0n) is 9.80. The van der Waals surface area contributed by atoms with Gasteiger partial charge in [-0.25, -0.2) is 0 Å². The molecule has 0 aromatic heterocycles. The minimum atomic E-state index is -0.477. The standard InChI is InChI=1S/C13H18N2O.ClH/c16-13-9-14-6-12(13)8-15(10-13)7-11-4-2-1-3-5-11;/h1-5,12,14,16H,6-10H2;1H. The molecule has 0 amide bonds. The molecule has 3 nitrogen and oxygen atoms in total. The van der Waals surface area contributed by atoms with Crippen LogP contribution in [0.3, 0.4) is 0 Å². The van der Waals surface area contributed by atoms with Gasteiger partial charge >= 0.3 is 0 Å². The van der Waals surface area contributed by atoms with Gasteiger partial charge in [0.1, 0.15) is 0 Å². The van der Waals surface area contributed by atoms with Crippen LogP contribution in [0.4, 0.5) is 0 Å². The lowest BCUT2D eigenvalue weighted by atomic mass is 9.95. The normalized spacial score (nSPS) is 32.2. The Morgan fingerprint density at radius 3 is 2.82 bits per heavy atom. The van der Waals surface area contributed by atoms with Crippen LogP contribution < -0.4 is 5.32 Å². The van der Waals surface area contributed by atoms with Crippen LogP contribution in [0.25, 0.3) is 0 Å². The number of fused-ring (bicyclic) bond motifs is 1. The SMILES string of the molecule is Cl.OC12CNCC1CN(Cc1ccccc1)C2. The molecule has 2 N–H and O–H groups in total. The second-order valence-corrected chi connectivity index (χ2v) is 5.09. The van der Waals surface area contributed by atoms with E-state index in [1.165, 1.54) is 5.56 Å². The van der Waals surface area contributed by atoms with E-state index in [0.717, 1.165) is 32.7 Å². The van der Waals surface area contributed by atoms with Gasteiger partial charge in [-0.15, -0.1) is 12.4 Å². The molecule has 2 atom stereocenters. The third-order valence-electron chi connectivity index (χ3n) is 3.81. The monoisotopic (exact) mass is 254 g/mol. The number of halogens is 1. The predicted octanol–water partition coefficient (Wildman–Crippen LogP) is 0.874. The zero-order valence-corrected chi connectivity index (χ0v) is 10.6. The van der Waals surface area contributed by atoms with Gasteiger partial charge < -0.3 is 10.4 Å². The molecule has 0 spiro atoms. The van der Waals surface area contributed by atoms with Crippen molar-refractivity contribution in [3.8, 4) is 0 Å². The van der Waals surface area contributed by atoms with Crippen molar-refractivity contribution in [2.75, 3.05) is 26.2 Å². The zero-order chi connectivity index (χ0) is 11.0. The van der Waals surface area contributed by atoms with E-state index in [-0.39, 0.29) is 12.4 Å². The number of hydrogen-bond acceptors (Lipinski definition) is 3. The topological polar surface area (TPSA) is 35.5 Å². The van der Waals surface area contributed by atoms with Gasteiger partial charge in [0.05, 0.1) is 5.60 Å². The number of aliphatic hydroxyl groups is 1. The fourth-order valence-corrected chi connectivity index (χ4v) is 2.94. The summed E-state index contributed by atoms with van der Waals surface area (Å²) in [7, 11) is 0. The van der Waals surface area contributed by atoms with E-state index >= 15 is 0 Å². The molecule has 1 aromatic carbocycles. The van der Waals surface area contributed by atoms with Crippen molar-refractivity contribution in [2.24, 2.45) is 5.92 Å². The molecular weight excluding hydrogens is 236 g/mol. The van der Waals surface area contributed by atoms with E-state index < -0.39 is 5.60 Å². The Kier molecular flexibility index (Phi) is 3.73. The minimum absolute atomic E-state index is 0. The summed E-state index contributed by atoms with van der Waals surface area (Å²) in [6, 6.07) is 10.5. The number of nitrogens with zero attached hydrogens (tertiary/aromatic N) is 1. The average molecular weight is 255 g/mol. The second kappa shape index (κ2) is 4.94. The highest BCUT2D eigenvalue weighted by Crippen LogP contribution is 2.31. The largest absolute Gasteiger partial charge is 0.387 e. The lowest BCUT2D eigenvalue weighted by Crippen LogP contribution is -2.39. The van der Waals surface area contributed by atoms with Gasteiger partial charge in [0, 0.05) is 38.6 Å². The van der Waals surface area contributed by atoms with Crippen molar-refractivity contribution in [2.45, 2.75) is 12.1 Å². The van der Waals surface area contributed by atoms with E-state index in [1.54, 1.807) is 0 Å². The molecule has 0 radical (unpaired) electrons. The third-order valence-corrected chi connectivity index (χ3v) is 3.81. The third kappa shape index (κ3) is 2.47. The maximum Gasteiger partial charge on any atom is 0.0949 e. The first-order chi connectivity index (χ1) is 7.76. The molecule has 4 heteroatoms. The maximum absolute atomic E-state index is 10.4. The summed E-state index contributed by atoms with van der Waals surface area (Å²) in [4.78, 5) is 2.36. The maximum atomic E-state index is 10.4. The Morgan fingerprint density at radius 2 is 2.12 bits per heavy atom. The molecule has 2 unspecified atom stereocenters. The Bertz CT molecular complexity index is 373. The molecule has 2 aliphatic rings. The van der Waals surface area contributed by atoms with Crippen molar-refractivity contribution in [3.05, 3.63) is 35.9 Å². The quantitative estimate of drug-likeness (QED) is 0.822. The van der Waals surface area contributed by atoms with Crippen LogP contribution in [0.15, 0.2) is 30.3 Å². The fraction of sp³-hybridized carbons (Fsp3) is 0.538. The number of hydrogen-bond donors (Lipinski definition) is 2. The van der Waals surface area contributed by atoms with Gasteiger partial charge in [-0.1, -0.05) is 30.3 Å². The lowest BCUT2D eigenvalue weighted by molar-refractivity contribution is 0.0440. The number of rotatable bonds is 2. The molecule has 3 rings (SSSR count). The molecule has 2 aliphatic heterocycles. The van der Waals surface area contributed by atoms with Crippen LogP contribution in [-0.4, -0.2) is 41.8 Å². The highest BCUT2D eigenvalue weighted by atomic mass is 35.5. The van der Waals surface area contributed by atoms with Crippen LogP contribution >= 0.6 is 12.4 Å². The van der Waals surface area contributed by atoms with Crippen LogP contribution in [-0.2, 0) is 6.54 Å². The molecule has 2 fully saturated rings. The van der Waals surface area contributed by atoms with Gasteiger partial charge in [-0.3, -0.25) is 4.90 Å². The second-order valence-electron chi connectivity index (χ2n) is 5.09. The average Bonchev–Trinajstić information content (AvgIpc) is 2.74. The number of nitrogens with one attached hydrogen (secondary N) is 1. The number of β-amino-alcohol motifs (C(OH)–C–C–N with tert-alkyl or cyclic N) is 1. The smallest absolute Gasteiger partial charge is 0.0949 e. The highest BCUT2D eigenvalue weighted by molar-refractivity contribution is 5.85. The predicted molar refractivity (Wildman–Crippen MR) is 70.3 cm³/mol. The highest BCUT2D eigenvalue weighted by Gasteiger charge is 2.47. The van der Waals surface area contributed by atoms with Crippen molar-refractivity contribution >= 4 is 12.4 Å². The Morgan fingerprint density at radius 1 is 1.35 bits per heavy atom. The van der Waals surface area contributed by atoms with E-state index in [2.05, 4.69) is 34.5 Å². The van der Waals surface area contributed by atoms with Gasteiger partial charge in [0.2, 0.25) is 0 Å². The molecule has 0 aliphatic carbocycles. The van der Waals surface area contributed by atoms with E-state index in [1.807, 2.05) is 6.07 Å². The molecule has 2 heterocycles. The molecule has 1 aromatic rings.